The Balaban J connectivity index is 2.07. The van der Waals surface area contributed by atoms with Crippen molar-refractivity contribution in [3.63, 3.8) is 0 Å². The lowest BCUT2D eigenvalue weighted by Crippen LogP contribution is -2.21. The molecule has 1 fully saturated rings. The molecule has 0 aliphatic heterocycles. The SMILES string of the molecule is O=C(O)COCC1CCC(CO)CC1. The van der Waals surface area contributed by atoms with Crippen LogP contribution in [-0.4, -0.2) is 36.0 Å². The van der Waals surface area contributed by atoms with Crippen LogP contribution in [0.15, 0.2) is 0 Å². The second kappa shape index (κ2) is 5.98. The Kier molecular flexibility index (Phi) is 4.90. The van der Waals surface area contributed by atoms with Crippen LogP contribution >= 0.6 is 0 Å². The molecule has 0 saturated heterocycles. The number of ether oxygens (including phenoxy) is 1. The smallest absolute Gasteiger partial charge is 0.329 e. The van der Waals surface area contributed by atoms with Crippen LogP contribution < -0.4 is 0 Å². The maximum Gasteiger partial charge on any atom is 0.329 e. The first-order valence-electron chi connectivity index (χ1n) is 5.12. The van der Waals surface area contributed by atoms with Gasteiger partial charge in [0.1, 0.15) is 6.61 Å². The van der Waals surface area contributed by atoms with Crippen LogP contribution in [0.3, 0.4) is 0 Å². The lowest BCUT2D eigenvalue weighted by atomic mass is 9.83. The van der Waals surface area contributed by atoms with Crippen molar-refractivity contribution in [1.82, 2.24) is 0 Å². The summed E-state index contributed by atoms with van der Waals surface area (Å²) in [7, 11) is 0. The van der Waals surface area contributed by atoms with E-state index in [1.165, 1.54) is 0 Å². The number of carboxylic acid groups (broad SMARTS) is 1. The molecule has 0 unspecified atom stereocenters. The second-order valence-corrected chi connectivity index (χ2v) is 3.98. The summed E-state index contributed by atoms with van der Waals surface area (Å²) in [5.41, 5.74) is 0. The van der Waals surface area contributed by atoms with Gasteiger partial charge in [0.05, 0.1) is 6.61 Å². The Morgan fingerprint density at radius 2 is 1.79 bits per heavy atom. The van der Waals surface area contributed by atoms with E-state index in [0.29, 0.717) is 18.4 Å². The van der Waals surface area contributed by atoms with Crippen LogP contribution in [0, 0.1) is 11.8 Å². The van der Waals surface area contributed by atoms with Gasteiger partial charge in [-0.05, 0) is 37.5 Å². The largest absolute Gasteiger partial charge is 0.480 e. The number of aliphatic hydroxyl groups is 1. The van der Waals surface area contributed by atoms with E-state index in [4.69, 9.17) is 14.9 Å². The van der Waals surface area contributed by atoms with Gasteiger partial charge >= 0.3 is 5.97 Å². The molecule has 4 nitrogen and oxygen atoms in total. The van der Waals surface area contributed by atoms with Crippen LogP contribution in [0.4, 0.5) is 0 Å². The molecule has 0 aromatic heterocycles. The van der Waals surface area contributed by atoms with Gasteiger partial charge in [0.2, 0.25) is 0 Å². The zero-order valence-electron chi connectivity index (χ0n) is 8.32. The summed E-state index contributed by atoms with van der Waals surface area (Å²) in [4.78, 5) is 10.2. The van der Waals surface area contributed by atoms with Crippen LogP contribution in [0.1, 0.15) is 25.7 Å². The first-order chi connectivity index (χ1) is 6.72. The highest BCUT2D eigenvalue weighted by Gasteiger charge is 2.20. The van der Waals surface area contributed by atoms with Crippen molar-refractivity contribution in [1.29, 1.82) is 0 Å². The molecule has 82 valence electrons. The highest BCUT2D eigenvalue weighted by Crippen LogP contribution is 2.28. The van der Waals surface area contributed by atoms with Gasteiger partial charge in [-0.3, -0.25) is 0 Å². The van der Waals surface area contributed by atoms with Gasteiger partial charge in [-0.2, -0.15) is 0 Å². The van der Waals surface area contributed by atoms with E-state index >= 15 is 0 Å². The predicted octanol–water partition coefficient (Wildman–Crippen LogP) is 0.886. The third-order valence-electron chi connectivity index (χ3n) is 2.80. The molecule has 0 aromatic rings. The summed E-state index contributed by atoms with van der Waals surface area (Å²) in [5, 5.41) is 17.3. The molecule has 0 spiro atoms. The van der Waals surface area contributed by atoms with Crippen LogP contribution in [0.5, 0.6) is 0 Å². The Hall–Kier alpha value is -0.610. The molecular weight excluding hydrogens is 184 g/mol. The maximum absolute atomic E-state index is 10.2. The quantitative estimate of drug-likeness (QED) is 0.694. The minimum atomic E-state index is -0.908. The second-order valence-electron chi connectivity index (χ2n) is 3.98. The van der Waals surface area contributed by atoms with Crippen LogP contribution in [0.25, 0.3) is 0 Å². The van der Waals surface area contributed by atoms with Gasteiger partial charge in [0.15, 0.2) is 0 Å². The highest BCUT2D eigenvalue weighted by atomic mass is 16.5. The van der Waals surface area contributed by atoms with Gasteiger partial charge in [-0.25, -0.2) is 4.79 Å². The standard InChI is InChI=1S/C10H18O4/c11-5-8-1-3-9(4-2-8)6-14-7-10(12)13/h8-9,11H,1-7H2,(H,12,13). The number of carboxylic acids is 1. The fourth-order valence-corrected chi connectivity index (χ4v) is 1.89. The summed E-state index contributed by atoms with van der Waals surface area (Å²) in [6.07, 6.45) is 4.17. The predicted molar refractivity (Wildman–Crippen MR) is 51.0 cm³/mol. The number of rotatable bonds is 5. The fraction of sp³-hybridized carbons (Fsp3) is 0.900. The van der Waals surface area contributed by atoms with Gasteiger partial charge in [0.25, 0.3) is 0 Å². The monoisotopic (exact) mass is 202 g/mol. The summed E-state index contributed by atoms with van der Waals surface area (Å²) in [5.74, 6) is 0.0249. The van der Waals surface area contributed by atoms with Crippen molar-refractivity contribution >= 4 is 5.97 Å². The van der Waals surface area contributed by atoms with E-state index in [1.54, 1.807) is 0 Å². The van der Waals surface area contributed by atoms with Gasteiger partial charge in [-0.15, -0.1) is 0 Å². The molecule has 1 rings (SSSR count). The Labute approximate surface area is 83.9 Å². The highest BCUT2D eigenvalue weighted by molar-refractivity contribution is 5.67. The van der Waals surface area contributed by atoms with Crippen LogP contribution in [0.2, 0.25) is 0 Å². The van der Waals surface area contributed by atoms with E-state index in [0.717, 1.165) is 25.7 Å². The van der Waals surface area contributed by atoms with E-state index in [1.807, 2.05) is 0 Å². The van der Waals surface area contributed by atoms with E-state index in [2.05, 4.69) is 0 Å². The number of hydrogen-bond donors (Lipinski definition) is 2. The van der Waals surface area contributed by atoms with E-state index < -0.39 is 5.97 Å². The molecule has 14 heavy (non-hydrogen) atoms. The number of aliphatic hydroxyl groups excluding tert-OH is 1. The summed E-state index contributed by atoms with van der Waals surface area (Å²) in [6, 6.07) is 0. The average Bonchev–Trinajstić information content (AvgIpc) is 2.18. The topological polar surface area (TPSA) is 66.8 Å². The number of aliphatic carboxylic acids is 1. The first-order valence-corrected chi connectivity index (χ1v) is 5.12. The molecule has 2 N–H and O–H groups in total. The van der Waals surface area contributed by atoms with Crippen molar-refractivity contribution in [2.45, 2.75) is 25.7 Å². The number of carbonyl (C=O) groups is 1. The van der Waals surface area contributed by atoms with Gasteiger partial charge in [0, 0.05) is 6.61 Å². The molecule has 1 aliphatic rings. The lowest BCUT2D eigenvalue weighted by molar-refractivity contribution is -0.142. The fourth-order valence-electron chi connectivity index (χ4n) is 1.89. The first kappa shape index (κ1) is 11.5. The van der Waals surface area contributed by atoms with Crippen LogP contribution in [-0.2, 0) is 9.53 Å². The zero-order valence-corrected chi connectivity index (χ0v) is 8.32. The third-order valence-corrected chi connectivity index (χ3v) is 2.80. The lowest BCUT2D eigenvalue weighted by Gasteiger charge is -2.26. The van der Waals surface area contributed by atoms with Crippen molar-refractivity contribution in [3.8, 4) is 0 Å². The Morgan fingerprint density at radius 3 is 2.29 bits per heavy atom. The van der Waals surface area contributed by atoms with E-state index in [-0.39, 0.29) is 13.2 Å². The van der Waals surface area contributed by atoms with E-state index in [9.17, 15) is 4.79 Å². The average molecular weight is 202 g/mol. The minimum absolute atomic E-state index is 0.195. The normalized spacial score (nSPS) is 27.5. The molecule has 4 heteroatoms. The van der Waals surface area contributed by atoms with Crippen molar-refractivity contribution in [3.05, 3.63) is 0 Å². The van der Waals surface area contributed by atoms with Gasteiger partial charge in [-0.1, -0.05) is 0 Å². The molecule has 0 bridgehead atoms. The Bertz CT molecular complexity index is 173. The summed E-state index contributed by atoms with van der Waals surface area (Å²) < 4.78 is 5.04. The Morgan fingerprint density at radius 1 is 1.21 bits per heavy atom. The molecule has 1 aliphatic carbocycles. The molecular formula is C10H18O4. The third kappa shape index (κ3) is 4.07. The molecule has 0 heterocycles. The molecule has 0 amide bonds. The minimum Gasteiger partial charge on any atom is -0.480 e. The van der Waals surface area contributed by atoms with Gasteiger partial charge < -0.3 is 14.9 Å². The molecule has 0 radical (unpaired) electrons. The molecule has 0 atom stereocenters. The zero-order chi connectivity index (χ0) is 10.4. The van der Waals surface area contributed by atoms with Crippen molar-refractivity contribution in [2.24, 2.45) is 11.8 Å². The summed E-state index contributed by atoms with van der Waals surface area (Å²) >= 11 is 0. The van der Waals surface area contributed by atoms with Crippen molar-refractivity contribution in [2.75, 3.05) is 19.8 Å². The van der Waals surface area contributed by atoms with Crippen molar-refractivity contribution < 1.29 is 19.7 Å². The summed E-state index contributed by atoms with van der Waals surface area (Å²) in [6.45, 7) is 0.632. The molecule has 1 saturated carbocycles. The number of hydrogen-bond acceptors (Lipinski definition) is 3. The molecule has 0 aromatic carbocycles. The maximum atomic E-state index is 10.2.